The van der Waals surface area contributed by atoms with Crippen LogP contribution < -0.4 is 20.1 Å². The minimum atomic E-state index is -0.576. The Hall–Kier alpha value is -3.23. The predicted octanol–water partition coefficient (Wildman–Crippen LogP) is 1.31. The lowest BCUT2D eigenvalue weighted by molar-refractivity contribution is -0.143. The standard InChI is InChI=1S/C19H24N2O7/c1-5-27-18(23)17-11(2)20-19(24)21-13(17)10-28-16(22)9-12-6-7-14(25-3)15(8-12)26-4/h6-8,11H,5,9-10H2,1-4H3,(H2,20,21,24)/t11-/m0/s1. The number of benzene rings is 1. The summed E-state index contributed by atoms with van der Waals surface area (Å²) in [6.07, 6.45) is -0.00980. The van der Waals surface area contributed by atoms with Gasteiger partial charge >= 0.3 is 18.0 Å². The molecular weight excluding hydrogens is 368 g/mol. The Balaban J connectivity index is 2.08. The first kappa shape index (κ1) is 21.1. The van der Waals surface area contributed by atoms with Gasteiger partial charge in [0, 0.05) is 0 Å². The van der Waals surface area contributed by atoms with Crippen LogP contribution in [0.15, 0.2) is 29.5 Å². The second kappa shape index (κ2) is 9.63. The SMILES string of the molecule is CCOC(=O)C1=C(COC(=O)Cc2ccc(OC)c(OC)c2)NC(=O)N[C@H]1C. The molecule has 1 aromatic carbocycles. The molecule has 0 fully saturated rings. The summed E-state index contributed by atoms with van der Waals surface area (Å²) < 4.78 is 20.6. The highest BCUT2D eigenvalue weighted by Gasteiger charge is 2.30. The van der Waals surface area contributed by atoms with Crippen LogP contribution in [0.1, 0.15) is 19.4 Å². The van der Waals surface area contributed by atoms with Gasteiger partial charge in [-0.3, -0.25) is 4.79 Å². The molecular formula is C19H24N2O7. The Morgan fingerprint density at radius 2 is 1.82 bits per heavy atom. The van der Waals surface area contributed by atoms with E-state index < -0.39 is 24.0 Å². The van der Waals surface area contributed by atoms with E-state index >= 15 is 0 Å². The molecule has 1 aliphatic heterocycles. The normalized spacial score (nSPS) is 16.0. The Kier molecular flexibility index (Phi) is 7.25. The molecule has 0 radical (unpaired) electrons. The summed E-state index contributed by atoms with van der Waals surface area (Å²) >= 11 is 0. The summed E-state index contributed by atoms with van der Waals surface area (Å²) in [7, 11) is 3.03. The van der Waals surface area contributed by atoms with E-state index in [-0.39, 0.29) is 30.9 Å². The maximum atomic E-state index is 12.2. The van der Waals surface area contributed by atoms with Gasteiger partial charge in [0.1, 0.15) is 6.61 Å². The van der Waals surface area contributed by atoms with Gasteiger partial charge in [0.25, 0.3) is 0 Å². The molecule has 1 atom stereocenters. The van der Waals surface area contributed by atoms with Gasteiger partial charge in [-0.05, 0) is 31.5 Å². The number of urea groups is 1. The number of rotatable bonds is 8. The van der Waals surface area contributed by atoms with Crippen LogP contribution in [-0.2, 0) is 25.5 Å². The molecule has 1 aliphatic rings. The third kappa shape index (κ3) is 5.15. The van der Waals surface area contributed by atoms with Crippen molar-refractivity contribution in [3.05, 3.63) is 35.0 Å². The molecule has 0 aromatic heterocycles. The minimum absolute atomic E-state index is 0.00980. The first-order valence-corrected chi connectivity index (χ1v) is 8.73. The molecule has 1 aromatic rings. The van der Waals surface area contributed by atoms with E-state index in [2.05, 4.69) is 10.6 Å². The van der Waals surface area contributed by atoms with Gasteiger partial charge in [-0.15, -0.1) is 0 Å². The van der Waals surface area contributed by atoms with Crippen LogP contribution in [0.4, 0.5) is 4.79 Å². The van der Waals surface area contributed by atoms with Crippen LogP contribution in [-0.4, -0.2) is 51.4 Å². The Morgan fingerprint density at radius 3 is 2.46 bits per heavy atom. The van der Waals surface area contributed by atoms with Crippen LogP contribution >= 0.6 is 0 Å². The molecule has 152 valence electrons. The highest BCUT2D eigenvalue weighted by molar-refractivity contribution is 5.94. The van der Waals surface area contributed by atoms with Crippen molar-refractivity contribution in [2.24, 2.45) is 0 Å². The van der Waals surface area contributed by atoms with Gasteiger partial charge in [0.05, 0.1) is 44.6 Å². The molecule has 2 amide bonds. The quantitative estimate of drug-likeness (QED) is 0.642. The van der Waals surface area contributed by atoms with Gasteiger partial charge in [-0.2, -0.15) is 0 Å². The van der Waals surface area contributed by atoms with Crippen molar-refractivity contribution in [2.75, 3.05) is 27.4 Å². The lowest BCUT2D eigenvalue weighted by Gasteiger charge is -2.26. The fourth-order valence-corrected chi connectivity index (χ4v) is 2.75. The lowest BCUT2D eigenvalue weighted by Crippen LogP contribution is -2.50. The zero-order valence-corrected chi connectivity index (χ0v) is 16.3. The molecule has 9 heteroatoms. The Labute approximate surface area is 163 Å². The fourth-order valence-electron chi connectivity index (χ4n) is 2.75. The van der Waals surface area contributed by atoms with E-state index in [1.54, 1.807) is 32.0 Å². The van der Waals surface area contributed by atoms with Crippen LogP contribution in [0.2, 0.25) is 0 Å². The molecule has 0 saturated carbocycles. The summed E-state index contributed by atoms with van der Waals surface area (Å²) in [5.74, 6) is -0.0494. The largest absolute Gasteiger partial charge is 0.493 e. The number of esters is 2. The van der Waals surface area contributed by atoms with E-state index in [1.807, 2.05) is 0 Å². The smallest absolute Gasteiger partial charge is 0.338 e. The lowest BCUT2D eigenvalue weighted by atomic mass is 10.0. The van der Waals surface area contributed by atoms with Crippen LogP contribution in [0.5, 0.6) is 11.5 Å². The topological polar surface area (TPSA) is 112 Å². The zero-order valence-electron chi connectivity index (χ0n) is 16.3. The van der Waals surface area contributed by atoms with Crippen LogP contribution in [0, 0.1) is 0 Å². The second-order valence-corrected chi connectivity index (χ2v) is 5.96. The van der Waals surface area contributed by atoms with Crippen molar-refractivity contribution in [3.8, 4) is 11.5 Å². The summed E-state index contributed by atoms with van der Waals surface area (Å²) in [6.45, 7) is 3.27. The first-order chi connectivity index (χ1) is 13.4. The van der Waals surface area contributed by atoms with Gasteiger partial charge in [0.2, 0.25) is 0 Å². The number of carbonyl (C=O) groups excluding carboxylic acids is 3. The highest BCUT2D eigenvalue weighted by atomic mass is 16.5. The molecule has 0 spiro atoms. The third-order valence-electron chi connectivity index (χ3n) is 4.04. The molecule has 2 N–H and O–H groups in total. The van der Waals surface area contributed by atoms with Gasteiger partial charge in [0.15, 0.2) is 11.5 Å². The van der Waals surface area contributed by atoms with Gasteiger partial charge < -0.3 is 29.6 Å². The number of amides is 2. The van der Waals surface area contributed by atoms with Crippen molar-refractivity contribution in [1.29, 1.82) is 0 Å². The van der Waals surface area contributed by atoms with Crippen molar-refractivity contribution in [2.45, 2.75) is 26.3 Å². The number of nitrogens with one attached hydrogen (secondary N) is 2. The molecule has 0 unspecified atom stereocenters. The molecule has 0 bridgehead atoms. The number of carbonyl (C=O) groups is 3. The fraction of sp³-hybridized carbons (Fsp3) is 0.421. The maximum Gasteiger partial charge on any atom is 0.338 e. The number of hydrogen-bond donors (Lipinski definition) is 2. The number of methoxy groups -OCH3 is 2. The van der Waals surface area contributed by atoms with E-state index in [0.717, 1.165) is 0 Å². The zero-order chi connectivity index (χ0) is 20.7. The van der Waals surface area contributed by atoms with Crippen molar-refractivity contribution in [3.63, 3.8) is 0 Å². The molecule has 0 saturated heterocycles. The minimum Gasteiger partial charge on any atom is -0.493 e. The van der Waals surface area contributed by atoms with Crippen molar-refractivity contribution in [1.82, 2.24) is 10.6 Å². The average molecular weight is 392 g/mol. The molecule has 28 heavy (non-hydrogen) atoms. The average Bonchev–Trinajstić information content (AvgIpc) is 2.65. The van der Waals surface area contributed by atoms with Gasteiger partial charge in [-0.25, -0.2) is 9.59 Å². The highest BCUT2D eigenvalue weighted by Crippen LogP contribution is 2.27. The molecule has 1 heterocycles. The van der Waals surface area contributed by atoms with Crippen LogP contribution in [0.25, 0.3) is 0 Å². The number of hydrogen-bond acceptors (Lipinski definition) is 7. The van der Waals surface area contributed by atoms with Gasteiger partial charge in [-0.1, -0.05) is 6.07 Å². The third-order valence-corrected chi connectivity index (χ3v) is 4.04. The van der Waals surface area contributed by atoms with E-state index in [0.29, 0.717) is 17.1 Å². The van der Waals surface area contributed by atoms with E-state index in [1.165, 1.54) is 14.2 Å². The Bertz CT molecular complexity index is 788. The monoisotopic (exact) mass is 392 g/mol. The Morgan fingerprint density at radius 1 is 1.11 bits per heavy atom. The predicted molar refractivity (Wildman–Crippen MR) is 99.0 cm³/mol. The number of ether oxygens (including phenoxy) is 4. The van der Waals surface area contributed by atoms with Crippen molar-refractivity contribution < 1.29 is 33.3 Å². The first-order valence-electron chi connectivity index (χ1n) is 8.73. The van der Waals surface area contributed by atoms with Crippen LogP contribution in [0.3, 0.4) is 0 Å². The summed E-state index contributed by atoms with van der Waals surface area (Å²) in [5, 5.41) is 5.08. The molecule has 0 aliphatic carbocycles. The summed E-state index contributed by atoms with van der Waals surface area (Å²) in [6, 6.07) is 4.05. The van der Waals surface area contributed by atoms with E-state index in [9.17, 15) is 14.4 Å². The molecule has 9 nitrogen and oxygen atoms in total. The molecule has 2 rings (SSSR count). The maximum absolute atomic E-state index is 12.2. The summed E-state index contributed by atoms with van der Waals surface area (Å²) in [5.41, 5.74) is 1.10. The summed E-state index contributed by atoms with van der Waals surface area (Å²) in [4.78, 5) is 36.1. The second-order valence-electron chi connectivity index (χ2n) is 5.96. The van der Waals surface area contributed by atoms with E-state index in [4.69, 9.17) is 18.9 Å². The van der Waals surface area contributed by atoms with Crippen molar-refractivity contribution >= 4 is 18.0 Å².